The first-order chi connectivity index (χ1) is 13.3. The third-order valence-corrected chi connectivity index (χ3v) is 4.27. The van der Waals surface area contributed by atoms with Gasteiger partial charge in [-0.05, 0) is 12.1 Å². The molecule has 10 nitrogen and oxygen atoms in total. The largest absolute Gasteiger partial charge is 0.493 e. The van der Waals surface area contributed by atoms with Crippen LogP contribution < -0.4 is 15.1 Å². The Bertz CT molecular complexity index is 907. The van der Waals surface area contributed by atoms with Crippen LogP contribution in [0.4, 0.5) is 0 Å². The van der Waals surface area contributed by atoms with Crippen molar-refractivity contribution < 1.29 is 43.5 Å². The SMILES string of the molecule is COc1cc2ccc(=O)oc2cc1O[C@@H]1O[C@H](COC(C)=O)[C@@H](O)[C@H](O)[C@H]1O. The van der Waals surface area contributed by atoms with E-state index in [4.69, 9.17) is 23.4 Å². The molecule has 2 aromatic rings. The zero-order valence-electron chi connectivity index (χ0n) is 15.1. The van der Waals surface area contributed by atoms with Crippen molar-refractivity contribution in [3.63, 3.8) is 0 Å². The van der Waals surface area contributed by atoms with E-state index in [0.717, 1.165) is 0 Å². The maximum Gasteiger partial charge on any atom is 0.336 e. The molecule has 0 unspecified atom stereocenters. The monoisotopic (exact) mass is 396 g/mol. The Morgan fingerprint density at radius 3 is 2.54 bits per heavy atom. The Kier molecular flexibility index (Phi) is 5.84. The maximum atomic E-state index is 11.4. The summed E-state index contributed by atoms with van der Waals surface area (Å²) in [6.45, 7) is 0.839. The Morgan fingerprint density at radius 1 is 1.11 bits per heavy atom. The Hall–Kier alpha value is -2.66. The second-order valence-electron chi connectivity index (χ2n) is 6.23. The van der Waals surface area contributed by atoms with Gasteiger partial charge in [0.2, 0.25) is 6.29 Å². The highest BCUT2D eigenvalue weighted by molar-refractivity contribution is 5.80. The van der Waals surface area contributed by atoms with Crippen molar-refractivity contribution in [3.8, 4) is 11.5 Å². The minimum atomic E-state index is -1.61. The van der Waals surface area contributed by atoms with Gasteiger partial charge in [-0.2, -0.15) is 0 Å². The van der Waals surface area contributed by atoms with Crippen molar-refractivity contribution >= 4 is 16.9 Å². The third kappa shape index (κ3) is 4.09. The Labute approximate surface area is 158 Å². The lowest BCUT2D eigenvalue weighted by molar-refractivity contribution is -0.278. The van der Waals surface area contributed by atoms with Gasteiger partial charge in [0, 0.05) is 24.4 Å². The minimum Gasteiger partial charge on any atom is -0.493 e. The summed E-state index contributed by atoms with van der Waals surface area (Å²) in [6.07, 6.45) is -7.25. The van der Waals surface area contributed by atoms with Gasteiger partial charge in [0.15, 0.2) is 11.5 Å². The molecule has 1 aromatic heterocycles. The van der Waals surface area contributed by atoms with Gasteiger partial charge < -0.3 is 38.7 Å². The maximum absolute atomic E-state index is 11.4. The van der Waals surface area contributed by atoms with E-state index in [1.807, 2.05) is 0 Å². The molecule has 3 N–H and O–H groups in total. The highest BCUT2D eigenvalue weighted by Crippen LogP contribution is 2.34. The lowest BCUT2D eigenvalue weighted by atomic mass is 9.99. The fraction of sp³-hybridized carbons (Fsp3) is 0.444. The Morgan fingerprint density at radius 2 is 1.86 bits per heavy atom. The summed E-state index contributed by atoms with van der Waals surface area (Å²) in [5.74, 6) is -0.266. The summed E-state index contributed by atoms with van der Waals surface area (Å²) in [6, 6.07) is 5.75. The van der Waals surface area contributed by atoms with Crippen LogP contribution in [0.1, 0.15) is 6.92 Å². The Balaban J connectivity index is 1.88. The number of esters is 1. The van der Waals surface area contributed by atoms with E-state index in [2.05, 4.69) is 0 Å². The van der Waals surface area contributed by atoms with E-state index in [-0.39, 0.29) is 23.7 Å². The molecule has 1 aromatic carbocycles. The second-order valence-corrected chi connectivity index (χ2v) is 6.23. The molecule has 1 aliphatic rings. The lowest BCUT2D eigenvalue weighted by Crippen LogP contribution is -2.60. The molecule has 0 radical (unpaired) electrons. The highest BCUT2D eigenvalue weighted by Gasteiger charge is 2.45. The average Bonchev–Trinajstić information content (AvgIpc) is 2.66. The number of methoxy groups -OCH3 is 1. The van der Waals surface area contributed by atoms with Gasteiger partial charge in [-0.1, -0.05) is 0 Å². The molecule has 0 spiro atoms. The number of hydrogen-bond acceptors (Lipinski definition) is 10. The predicted octanol–water partition coefficient (Wildman–Crippen LogP) is -0.449. The first-order valence-corrected chi connectivity index (χ1v) is 8.41. The molecule has 2 heterocycles. The molecule has 1 saturated heterocycles. The van der Waals surface area contributed by atoms with E-state index in [9.17, 15) is 24.9 Å². The minimum absolute atomic E-state index is 0.0724. The van der Waals surface area contributed by atoms with Crippen LogP contribution in [0.15, 0.2) is 33.5 Å². The van der Waals surface area contributed by atoms with Gasteiger partial charge in [-0.25, -0.2) is 4.79 Å². The summed E-state index contributed by atoms with van der Waals surface area (Å²) in [5, 5.41) is 30.9. The van der Waals surface area contributed by atoms with Crippen LogP contribution in [-0.4, -0.2) is 65.7 Å². The number of aliphatic hydroxyl groups excluding tert-OH is 3. The first-order valence-electron chi connectivity index (χ1n) is 8.41. The molecule has 1 aliphatic heterocycles. The smallest absolute Gasteiger partial charge is 0.336 e. The number of carbonyl (C=O) groups excluding carboxylic acids is 1. The van der Waals surface area contributed by atoms with Crippen molar-refractivity contribution in [1.29, 1.82) is 0 Å². The van der Waals surface area contributed by atoms with Crippen molar-refractivity contribution in [3.05, 3.63) is 34.7 Å². The molecule has 10 heteroatoms. The fourth-order valence-corrected chi connectivity index (χ4v) is 2.80. The number of fused-ring (bicyclic) bond motifs is 1. The molecule has 152 valence electrons. The van der Waals surface area contributed by atoms with Crippen LogP contribution in [0, 0.1) is 0 Å². The van der Waals surface area contributed by atoms with Crippen LogP contribution in [0.3, 0.4) is 0 Å². The molecule has 28 heavy (non-hydrogen) atoms. The summed E-state index contributed by atoms with van der Waals surface area (Å²) < 4.78 is 26.2. The van der Waals surface area contributed by atoms with E-state index in [1.165, 1.54) is 26.2 Å². The van der Waals surface area contributed by atoms with E-state index < -0.39 is 42.3 Å². The van der Waals surface area contributed by atoms with Crippen LogP contribution >= 0.6 is 0 Å². The predicted molar refractivity (Wildman–Crippen MR) is 93.0 cm³/mol. The second kappa shape index (κ2) is 8.15. The standard InChI is InChI=1S/C18H20O10/c1-8(19)25-7-13-15(21)16(22)17(23)18(28-13)27-12-6-10-9(5-11(12)24-2)3-4-14(20)26-10/h3-6,13,15-18,21-23H,7H2,1-2H3/t13-,15-,16+,17-,18-/m1/s1. The summed E-state index contributed by atoms with van der Waals surface area (Å²) in [7, 11) is 1.40. The quantitative estimate of drug-likeness (QED) is 0.449. The summed E-state index contributed by atoms with van der Waals surface area (Å²) in [4.78, 5) is 22.4. The van der Waals surface area contributed by atoms with Gasteiger partial charge in [-0.15, -0.1) is 0 Å². The zero-order valence-corrected chi connectivity index (χ0v) is 15.1. The molecule has 0 saturated carbocycles. The topological polar surface area (TPSA) is 145 Å². The number of hydrogen-bond donors (Lipinski definition) is 3. The lowest BCUT2D eigenvalue weighted by Gasteiger charge is -2.39. The highest BCUT2D eigenvalue weighted by atomic mass is 16.7. The number of aliphatic hydroxyl groups is 3. The number of carbonyl (C=O) groups is 1. The molecule has 3 rings (SSSR count). The molecular weight excluding hydrogens is 376 g/mol. The molecule has 0 amide bonds. The van der Waals surface area contributed by atoms with Crippen molar-refractivity contribution in [2.45, 2.75) is 37.6 Å². The zero-order chi connectivity index (χ0) is 20.4. The van der Waals surface area contributed by atoms with Gasteiger partial charge in [0.05, 0.1) is 7.11 Å². The van der Waals surface area contributed by atoms with E-state index in [1.54, 1.807) is 12.1 Å². The third-order valence-electron chi connectivity index (χ3n) is 4.27. The average molecular weight is 396 g/mol. The van der Waals surface area contributed by atoms with Crippen LogP contribution in [-0.2, 0) is 14.3 Å². The summed E-state index contributed by atoms with van der Waals surface area (Å²) in [5.41, 5.74) is -0.344. The normalized spacial score (nSPS) is 27.4. The van der Waals surface area contributed by atoms with Gasteiger partial charge >= 0.3 is 11.6 Å². The number of rotatable bonds is 5. The molecule has 1 fully saturated rings. The summed E-state index contributed by atoms with van der Waals surface area (Å²) >= 11 is 0. The van der Waals surface area contributed by atoms with Gasteiger partial charge in [0.25, 0.3) is 0 Å². The van der Waals surface area contributed by atoms with Crippen LogP contribution in [0.5, 0.6) is 11.5 Å². The van der Waals surface area contributed by atoms with Gasteiger partial charge in [-0.3, -0.25) is 4.79 Å². The molecule has 5 atom stereocenters. The molecule has 0 bridgehead atoms. The molecular formula is C18H20O10. The number of benzene rings is 1. The van der Waals surface area contributed by atoms with Crippen molar-refractivity contribution in [2.24, 2.45) is 0 Å². The van der Waals surface area contributed by atoms with Crippen molar-refractivity contribution in [2.75, 3.05) is 13.7 Å². The first kappa shape index (κ1) is 20.1. The van der Waals surface area contributed by atoms with Crippen molar-refractivity contribution in [1.82, 2.24) is 0 Å². The van der Waals surface area contributed by atoms with E-state index in [0.29, 0.717) is 5.39 Å². The molecule has 0 aliphatic carbocycles. The fourth-order valence-electron chi connectivity index (χ4n) is 2.80. The van der Waals surface area contributed by atoms with Crippen LogP contribution in [0.2, 0.25) is 0 Å². The van der Waals surface area contributed by atoms with E-state index >= 15 is 0 Å². The van der Waals surface area contributed by atoms with Gasteiger partial charge in [0.1, 0.15) is 36.6 Å². The number of ether oxygens (including phenoxy) is 4. The van der Waals surface area contributed by atoms with Crippen LogP contribution in [0.25, 0.3) is 11.0 Å².